The Kier molecular flexibility index (Phi) is 8.30. The van der Waals surface area contributed by atoms with Gasteiger partial charge < -0.3 is 14.6 Å². The van der Waals surface area contributed by atoms with Crippen LogP contribution < -0.4 is 5.32 Å². The molecule has 1 aliphatic rings. The highest BCUT2D eigenvalue weighted by Crippen LogP contribution is 2.28. The smallest absolute Gasteiger partial charge is 0.245 e. The van der Waals surface area contributed by atoms with Crippen molar-refractivity contribution in [2.24, 2.45) is 0 Å². The highest BCUT2D eigenvalue weighted by atomic mass is 35.5. The molecule has 41 heavy (non-hydrogen) atoms. The molecule has 0 bridgehead atoms. The number of halogens is 2. The summed E-state index contributed by atoms with van der Waals surface area (Å²) >= 11 is 5.81. The third-order valence-electron chi connectivity index (χ3n) is 6.92. The molecular weight excluding hydrogens is 551 g/mol. The van der Waals surface area contributed by atoms with Crippen LogP contribution in [0.5, 0.6) is 0 Å². The minimum atomic E-state index is -0.596. The fourth-order valence-electron chi connectivity index (χ4n) is 4.73. The zero-order chi connectivity index (χ0) is 29.1. The summed E-state index contributed by atoms with van der Waals surface area (Å²) in [6.45, 7) is 0.974. The number of carbonyl (C=O) groups excluding carboxylic acids is 4. The molecule has 0 unspecified atom stereocenters. The molecule has 1 saturated carbocycles. The van der Waals surface area contributed by atoms with E-state index in [-0.39, 0.29) is 72.3 Å². The van der Waals surface area contributed by atoms with Crippen LogP contribution in [0.4, 0.5) is 4.39 Å². The predicted molar refractivity (Wildman–Crippen MR) is 149 cm³/mol. The molecular formula is C30H28ClFN4O5. The monoisotopic (exact) mass is 578 g/mol. The highest BCUT2D eigenvalue weighted by Gasteiger charge is 2.34. The van der Waals surface area contributed by atoms with Crippen LogP contribution in [-0.2, 0) is 40.3 Å². The number of furan rings is 1. The van der Waals surface area contributed by atoms with Gasteiger partial charge in [0.05, 0.1) is 29.8 Å². The fraction of sp³-hybridized carbons (Fsp3) is 0.300. The summed E-state index contributed by atoms with van der Waals surface area (Å²) in [6, 6.07) is 13.2. The van der Waals surface area contributed by atoms with Crippen molar-refractivity contribution < 1.29 is 28.0 Å². The number of carbonyl (C=O) groups is 4. The van der Waals surface area contributed by atoms with Gasteiger partial charge in [-0.15, -0.1) is 0 Å². The van der Waals surface area contributed by atoms with Gasteiger partial charge >= 0.3 is 0 Å². The molecule has 9 nitrogen and oxygen atoms in total. The van der Waals surface area contributed by atoms with E-state index in [4.69, 9.17) is 16.0 Å². The number of ketones is 2. The summed E-state index contributed by atoms with van der Waals surface area (Å²) in [5.74, 6) is -1.08. The van der Waals surface area contributed by atoms with Crippen LogP contribution in [0.25, 0.3) is 10.9 Å². The highest BCUT2D eigenvalue weighted by molar-refractivity contribution is 6.30. The van der Waals surface area contributed by atoms with E-state index in [9.17, 15) is 23.6 Å². The van der Waals surface area contributed by atoms with Crippen LogP contribution in [0, 0.1) is 5.82 Å². The first-order valence-electron chi connectivity index (χ1n) is 13.2. The van der Waals surface area contributed by atoms with Crippen molar-refractivity contribution in [3.63, 3.8) is 0 Å². The predicted octanol–water partition coefficient (Wildman–Crippen LogP) is 4.29. The first-order chi connectivity index (χ1) is 19.7. The lowest BCUT2D eigenvalue weighted by atomic mass is 10.0. The number of hydrogen-bond acceptors (Lipinski definition) is 6. The van der Waals surface area contributed by atoms with E-state index in [0.29, 0.717) is 16.7 Å². The van der Waals surface area contributed by atoms with Gasteiger partial charge in [0.2, 0.25) is 11.8 Å². The molecule has 4 aromatic rings. The normalized spacial score (nSPS) is 12.9. The first-order valence-corrected chi connectivity index (χ1v) is 13.6. The van der Waals surface area contributed by atoms with Crippen molar-refractivity contribution in [3.8, 4) is 0 Å². The van der Waals surface area contributed by atoms with Crippen LogP contribution in [-0.4, -0.2) is 50.6 Å². The van der Waals surface area contributed by atoms with Crippen LogP contribution in [0.1, 0.15) is 47.1 Å². The van der Waals surface area contributed by atoms with Crippen LogP contribution in [0.2, 0.25) is 5.02 Å². The van der Waals surface area contributed by atoms with Crippen molar-refractivity contribution in [3.05, 3.63) is 88.2 Å². The molecule has 1 aliphatic carbocycles. The minimum absolute atomic E-state index is 0.0319. The van der Waals surface area contributed by atoms with Crippen molar-refractivity contribution in [1.29, 1.82) is 0 Å². The second-order valence-electron chi connectivity index (χ2n) is 10.1. The zero-order valence-electron chi connectivity index (χ0n) is 22.4. The van der Waals surface area contributed by atoms with Crippen LogP contribution in [0.3, 0.4) is 0 Å². The van der Waals surface area contributed by atoms with E-state index in [0.717, 1.165) is 18.4 Å². The van der Waals surface area contributed by atoms with Gasteiger partial charge in [0.1, 0.15) is 29.6 Å². The van der Waals surface area contributed by atoms with E-state index < -0.39 is 11.7 Å². The summed E-state index contributed by atoms with van der Waals surface area (Å²) in [4.78, 5) is 52.5. The Morgan fingerprint density at radius 1 is 1.12 bits per heavy atom. The van der Waals surface area contributed by atoms with Crippen molar-refractivity contribution in [2.75, 3.05) is 6.54 Å². The van der Waals surface area contributed by atoms with E-state index in [2.05, 4.69) is 10.4 Å². The third kappa shape index (κ3) is 6.71. The molecule has 1 fully saturated rings. The number of hydrogen-bond donors (Lipinski definition) is 1. The summed E-state index contributed by atoms with van der Waals surface area (Å²) < 4.78 is 20.9. The maximum atomic E-state index is 14.2. The van der Waals surface area contributed by atoms with E-state index in [1.165, 1.54) is 34.9 Å². The van der Waals surface area contributed by atoms with Crippen molar-refractivity contribution in [1.82, 2.24) is 20.0 Å². The third-order valence-corrected chi connectivity index (χ3v) is 7.21. The molecule has 2 aromatic carbocycles. The Bertz CT molecular complexity index is 1630. The maximum Gasteiger partial charge on any atom is 0.245 e. The lowest BCUT2D eigenvalue weighted by molar-refractivity contribution is -0.137. The Hall–Kier alpha value is -4.31. The lowest BCUT2D eigenvalue weighted by Gasteiger charge is -2.22. The molecule has 0 spiro atoms. The average molecular weight is 579 g/mol. The molecule has 11 heteroatoms. The summed E-state index contributed by atoms with van der Waals surface area (Å²) in [5.41, 5.74) is 1.74. The summed E-state index contributed by atoms with van der Waals surface area (Å²) in [7, 11) is 0. The van der Waals surface area contributed by atoms with E-state index in [1.807, 2.05) is 0 Å². The molecule has 2 heterocycles. The molecule has 1 N–H and O–H groups in total. The minimum Gasteiger partial charge on any atom is -0.469 e. The molecule has 212 valence electrons. The Morgan fingerprint density at radius 2 is 1.93 bits per heavy atom. The molecule has 5 rings (SSSR count). The van der Waals surface area contributed by atoms with Gasteiger partial charge in [-0.25, -0.2) is 4.39 Å². The van der Waals surface area contributed by atoms with Gasteiger partial charge in [0, 0.05) is 36.9 Å². The average Bonchev–Trinajstić information content (AvgIpc) is 3.53. The number of nitrogens with one attached hydrogen (secondary N) is 1. The number of fused-ring (bicyclic) bond motifs is 1. The zero-order valence-corrected chi connectivity index (χ0v) is 23.1. The fourth-order valence-corrected chi connectivity index (χ4v) is 4.92. The van der Waals surface area contributed by atoms with Crippen LogP contribution in [0.15, 0.2) is 59.2 Å². The Balaban J connectivity index is 1.28. The number of aromatic nitrogens is 2. The number of benzene rings is 2. The molecule has 0 aliphatic heterocycles. The SMILES string of the molecule is CC(=O)c1nn(CC(=O)N(CC(=O)NCc2cccc(Cl)c2F)C2CC2)c2ccc(CC(=O)Cc3ccco3)cc12. The Morgan fingerprint density at radius 3 is 2.63 bits per heavy atom. The van der Waals surface area contributed by atoms with Gasteiger partial charge in [-0.2, -0.15) is 5.10 Å². The largest absolute Gasteiger partial charge is 0.469 e. The van der Waals surface area contributed by atoms with Gasteiger partial charge in [-0.1, -0.05) is 29.8 Å². The van der Waals surface area contributed by atoms with Crippen molar-refractivity contribution >= 4 is 45.9 Å². The summed E-state index contributed by atoms with van der Waals surface area (Å²) in [6.07, 6.45) is 3.38. The second kappa shape index (κ2) is 12.1. The molecule has 0 atom stereocenters. The topological polar surface area (TPSA) is 115 Å². The lowest BCUT2D eigenvalue weighted by Crippen LogP contribution is -2.43. The number of Topliss-reactive ketones (excluding diaryl/α,β-unsaturated/α-hetero) is 2. The second-order valence-corrected chi connectivity index (χ2v) is 10.5. The van der Waals surface area contributed by atoms with Crippen LogP contribution >= 0.6 is 11.6 Å². The van der Waals surface area contributed by atoms with Gasteiger partial charge in [-0.3, -0.25) is 23.9 Å². The number of rotatable bonds is 12. The summed E-state index contributed by atoms with van der Waals surface area (Å²) in [5, 5.41) is 7.58. The molecule has 0 saturated heterocycles. The van der Waals surface area contributed by atoms with Gasteiger partial charge in [0.25, 0.3) is 0 Å². The standard InChI is InChI=1S/C30H28ClFN4O5/c1-18(37)30-24-13-19(12-22(38)14-23-5-3-11-41-23)7-10-26(24)36(34-30)17-28(40)35(21-8-9-21)16-27(39)33-15-20-4-2-6-25(31)29(20)32/h2-7,10-11,13,21H,8-9,12,14-17H2,1H3,(H,33,39). The van der Waals surface area contributed by atoms with E-state index in [1.54, 1.807) is 36.4 Å². The molecule has 2 aromatic heterocycles. The van der Waals surface area contributed by atoms with Crippen molar-refractivity contribution in [2.45, 2.75) is 51.7 Å². The number of amides is 2. The molecule has 2 amide bonds. The van der Waals surface area contributed by atoms with Gasteiger partial charge in [-0.05, 0) is 48.7 Å². The quantitative estimate of drug-likeness (QED) is 0.251. The Labute approximate surface area is 240 Å². The maximum absolute atomic E-state index is 14.2. The van der Waals surface area contributed by atoms with Gasteiger partial charge in [0.15, 0.2) is 5.78 Å². The van der Waals surface area contributed by atoms with E-state index >= 15 is 0 Å². The first kappa shape index (κ1) is 28.2. The molecule has 0 radical (unpaired) electrons. The number of nitrogens with zero attached hydrogens (tertiary/aromatic N) is 3.